The van der Waals surface area contributed by atoms with Crippen molar-refractivity contribution >= 4 is 40.9 Å². The molecule has 0 atom stereocenters. The van der Waals surface area contributed by atoms with Crippen LogP contribution >= 0.6 is 0 Å². The van der Waals surface area contributed by atoms with Gasteiger partial charge in [0.05, 0.1) is 12.0 Å². The second-order valence-corrected chi connectivity index (χ2v) is 10.8. The molecule has 13 heteroatoms. The zero-order valence-corrected chi connectivity index (χ0v) is 25.2. The Labute approximate surface area is 259 Å². The van der Waals surface area contributed by atoms with Gasteiger partial charge in [0, 0.05) is 30.0 Å². The number of carbonyl (C=O) groups is 4. The van der Waals surface area contributed by atoms with Crippen LogP contribution in [0.15, 0.2) is 55.0 Å². The van der Waals surface area contributed by atoms with Crippen LogP contribution in [0, 0.1) is 13.8 Å². The van der Waals surface area contributed by atoms with E-state index >= 15 is 0 Å². The number of esters is 1. The summed E-state index contributed by atoms with van der Waals surface area (Å²) in [6.07, 6.45) is 4.43. The standard InChI is InChI=1S/C32H34N6O7/c1-4-13-37(32(43)45-18-44-27(40)14-21-6-11-24(39)12-7-21)31(42)22-8-5-19(2)26(15-22)36-29-28-20(3)25(16-38(28)34-17-33-29)30(41)35-23-9-10-23/h5-8,11-12,15-17,23,39H,4,9-10,13-14,18H2,1-3H3,(H,35,41)(H,33,34,36). The second-order valence-electron chi connectivity index (χ2n) is 10.8. The predicted octanol–water partition coefficient (Wildman–Crippen LogP) is 4.42. The predicted molar refractivity (Wildman–Crippen MR) is 163 cm³/mol. The van der Waals surface area contributed by atoms with Crippen molar-refractivity contribution in [2.45, 2.75) is 52.5 Å². The fourth-order valence-corrected chi connectivity index (χ4v) is 4.70. The van der Waals surface area contributed by atoms with Crippen LogP contribution in [0.2, 0.25) is 0 Å². The quantitative estimate of drug-likeness (QED) is 0.163. The van der Waals surface area contributed by atoms with Gasteiger partial charge >= 0.3 is 12.1 Å². The molecule has 234 valence electrons. The van der Waals surface area contributed by atoms with Crippen molar-refractivity contribution in [2.75, 3.05) is 18.7 Å². The van der Waals surface area contributed by atoms with Crippen LogP contribution in [-0.4, -0.2) is 67.9 Å². The highest BCUT2D eigenvalue weighted by atomic mass is 16.7. The third-order valence-corrected chi connectivity index (χ3v) is 7.32. The van der Waals surface area contributed by atoms with Crippen LogP contribution in [0.25, 0.3) is 5.52 Å². The normalized spacial score (nSPS) is 12.4. The van der Waals surface area contributed by atoms with Crippen LogP contribution in [0.4, 0.5) is 16.3 Å². The minimum absolute atomic E-state index is 0.0732. The first kappa shape index (κ1) is 31.0. The van der Waals surface area contributed by atoms with Crippen molar-refractivity contribution in [2.24, 2.45) is 0 Å². The van der Waals surface area contributed by atoms with Crippen molar-refractivity contribution < 1.29 is 33.8 Å². The minimum Gasteiger partial charge on any atom is -0.508 e. The molecule has 0 unspecified atom stereocenters. The smallest absolute Gasteiger partial charge is 0.419 e. The number of aryl methyl sites for hydroxylation is 2. The van der Waals surface area contributed by atoms with Crippen LogP contribution in [0.5, 0.6) is 5.75 Å². The Hall–Kier alpha value is -5.46. The molecule has 2 aromatic heterocycles. The lowest BCUT2D eigenvalue weighted by Crippen LogP contribution is -2.38. The number of imide groups is 1. The van der Waals surface area contributed by atoms with Crippen molar-refractivity contribution in [1.29, 1.82) is 0 Å². The Bertz CT molecular complexity index is 1750. The van der Waals surface area contributed by atoms with Crippen LogP contribution < -0.4 is 10.6 Å². The van der Waals surface area contributed by atoms with Gasteiger partial charge in [-0.1, -0.05) is 25.1 Å². The molecular formula is C32H34N6O7. The fourth-order valence-electron chi connectivity index (χ4n) is 4.70. The number of benzene rings is 2. The Kier molecular flexibility index (Phi) is 9.26. The lowest BCUT2D eigenvalue weighted by molar-refractivity contribution is -0.151. The third-order valence-electron chi connectivity index (χ3n) is 7.32. The maximum absolute atomic E-state index is 13.5. The van der Waals surface area contributed by atoms with E-state index in [1.807, 2.05) is 20.8 Å². The maximum atomic E-state index is 13.5. The number of hydrogen-bond acceptors (Lipinski definition) is 10. The van der Waals surface area contributed by atoms with Crippen molar-refractivity contribution in [3.05, 3.63) is 82.8 Å². The van der Waals surface area contributed by atoms with Gasteiger partial charge in [-0.25, -0.2) is 19.2 Å². The molecule has 0 spiro atoms. The van der Waals surface area contributed by atoms with Crippen molar-refractivity contribution in [3.8, 4) is 5.75 Å². The number of nitrogens with one attached hydrogen (secondary N) is 2. The SMILES string of the molecule is CCCN(C(=O)OCOC(=O)Cc1ccc(O)cc1)C(=O)c1ccc(C)c(Nc2ncnn3cc(C(=O)NC4CC4)c(C)c23)c1. The molecule has 1 fully saturated rings. The number of carbonyl (C=O) groups excluding carboxylic acids is 4. The molecule has 4 aromatic rings. The molecule has 3 N–H and O–H groups in total. The summed E-state index contributed by atoms with van der Waals surface area (Å²) in [5, 5.41) is 19.9. The van der Waals surface area contributed by atoms with E-state index in [-0.39, 0.29) is 36.2 Å². The molecule has 13 nitrogen and oxygen atoms in total. The molecular weight excluding hydrogens is 580 g/mol. The summed E-state index contributed by atoms with van der Waals surface area (Å²) in [5.41, 5.74) is 4.05. The van der Waals surface area contributed by atoms with Crippen molar-refractivity contribution in [1.82, 2.24) is 24.8 Å². The zero-order chi connectivity index (χ0) is 32.1. The number of aromatic nitrogens is 3. The number of phenolic OH excluding ortho intramolecular Hbond substituents is 1. The van der Waals surface area contributed by atoms with Gasteiger partial charge in [0.15, 0.2) is 5.82 Å². The third kappa shape index (κ3) is 7.37. The summed E-state index contributed by atoms with van der Waals surface area (Å²) in [5.74, 6) is -0.871. The van der Waals surface area contributed by atoms with E-state index in [0.717, 1.165) is 23.3 Å². The summed E-state index contributed by atoms with van der Waals surface area (Å²) in [7, 11) is 0. The molecule has 1 aliphatic carbocycles. The summed E-state index contributed by atoms with van der Waals surface area (Å²) < 4.78 is 11.7. The first-order valence-electron chi connectivity index (χ1n) is 14.6. The first-order chi connectivity index (χ1) is 21.6. The average molecular weight is 615 g/mol. The highest BCUT2D eigenvalue weighted by Crippen LogP contribution is 2.28. The van der Waals surface area contributed by atoms with Crippen LogP contribution in [0.3, 0.4) is 0 Å². The molecule has 3 amide bonds. The van der Waals surface area contributed by atoms with Gasteiger partial charge in [0.2, 0.25) is 6.79 Å². The Balaban J connectivity index is 1.27. The number of nitrogens with zero attached hydrogens (tertiary/aromatic N) is 4. The number of anilines is 2. The first-order valence-corrected chi connectivity index (χ1v) is 14.6. The second kappa shape index (κ2) is 13.5. The van der Waals surface area contributed by atoms with Gasteiger partial charge in [-0.3, -0.25) is 14.4 Å². The monoisotopic (exact) mass is 614 g/mol. The lowest BCUT2D eigenvalue weighted by Gasteiger charge is -2.20. The Morgan fingerprint density at radius 3 is 2.53 bits per heavy atom. The summed E-state index contributed by atoms with van der Waals surface area (Å²) in [4.78, 5) is 56.6. The van der Waals surface area contributed by atoms with Gasteiger partial charge in [-0.15, -0.1) is 0 Å². The molecule has 5 rings (SSSR count). The van der Waals surface area contributed by atoms with Gasteiger partial charge < -0.3 is 25.2 Å². The molecule has 45 heavy (non-hydrogen) atoms. The number of fused-ring (bicyclic) bond motifs is 1. The minimum atomic E-state index is -0.951. The Morgan fingerprint density at radius 1 is 1.07 bits per heavy atom. The van der Waals surface area contributed by atoms with E-state index in [4.69, 9.17) is 9.47 Å². The van der Waals surface area contributed by atoms with Gasteiger partial charge in [0.25, 0.3) is 11.8 Å². The molecule has 0 aliphatic heterocycles. The molecule has 1 saturated carbocycles. The van der Waals surface area contributed by atoms with E-state index in [1.54, 1.807) is 41.0 Å². The fraction of sp³-hybridized carbons (Fsp3) is 0.312. The van der Waals surface area contributed by atoms with E-state index in [2.05, 4.69) is 20.7 Å². The number of rotatable bonds is 11. The van der Waals surface area contributed by atoms with E-state index in [0.29, 0.717) is 40.1 Å². The molecule has 1 aliphatic rings. The van der Waals surface area contributed by atoms with Crippen molar-refractivity contribution in [3.63, 3.8) is 0 Å². The molecule has 0 saturated heterocycles. The number of aromatic hydroxyl groups is 1. The summed E-state index contributed by atoms with van der Waals surface area (Å²) in [6.45, 7) is 4.92. The highest BCUT2D eigenvalue weighted by Gasteiger charge is 2.27. The summed E-state index contributed by atoms with van der Waals surface area (Å²) >= 11 is 0. The Morgan fingerprint density at radius 2 is 1.82 bits per heavy atom. The van der Waals surface area contributed by atoms with Crippen LogP contribution in [-0.2, 0) is 20.7 Å². The van der Waals surface area contributed by atoms with E-state index < -0.39 is 24.8 Å². The zero-order valence-electron chi connectivity index (χ0n) is 25.2. The number of ether oxygens (including phenoxy) is 2. The number of amides is 3. The van der Waals surface area contributed by atoms with Gasteiger partial charge in [-0.2, -0.15) is 5.10 Å². The van der Waals surface area contributed by atoms with Gasteiger partial charge in [0.1, 0.15) is 17.6 Å². The van der Waals surface area contributed by atoms with Crippen LogP contribution in [0.1, 0.15) is 63.6 Å². The number of phenols is 1. The lowest BCUT2D eigenvalue weighted by atomic mass is 10.1. The summed E-state index contributed by atoms with van der Waals surface area (Å²) in [6, 6.07) is 11.2. The maximum Gasteiger partial charge on any atom is 0.419 e. The molecule has 2 aromatic carbocycles. The molecule has 0 radical (unpaired) electrons. The molecule has 2 heterocycles. The largest absolute Gasteiger partial charge is 0.508 e. The van der Waals surface area contributed by atoms with E-state index in [1.165, 1.54) is 18.5 Å². The highest BCUT2D eigenvalue weighted by molar-refractivity contribution is 6.04. The number of hydrogen-bond donors (Lipinski definition) is 3. The topological polar surface area (TPSA) is 164 Å². The van der Waals surface area contributed by atoms with E-state index in [9.17, 15) is 24.3 Å². The molecule has 0 bridgehead atoms. The average Bonchev–Trinajstić information content (AvgIpc) is 3.77. The van der Waals surface area contributed by atoms with Gasteiger partial charge in [-0.05, 0) is 74.1 Å².